The van der Waals surface area contributed by atoms with E-state index in [1.165, 1.54) is 0 Å². The molecule has 1 aromatic carbocycles. The number of hydrogen-bond acceptors (Lipinski definition) is 3. The molecule has 5 nitrogen and oxygen atoms in total. The highest BCUT2D eigenvalue weighted by Crippen LogP contribution is 2.23. The van der Waals surface area contributed by atoms with E-state index in [9.17, 15) is 9.59 Å². The number of carboxylic acid groups (broad SMARTS) is 1. The zero-order valence-electron chi connectivity index (χ0n) is 9.30. The first kappa shape index (κ1) is 11.2. The molecular formula is C12H12N2O3. The maximum Gasteiger partial charge on any atom is 0.323 e. The first-order valence-corrected chi connectivity index (χ1v) is 5.11. The lowest BCUT2D eigenvalue weighted by Crippen LogP contribution is -2.24. The van der Waals surface area contributed by atoms with Crippen molar-refractivity contribution in [3.63, 3.8) is 0 Å². The lowest BCUT2D eigenvalue weighted by Gasteiger charge is -2.16. The summed E-state index contributed by atoms with van der Waals surface area (Å²) >= 11 is 0. The SMILES string of the molecule is CN(CC(=O)O)c1ccc2[nH]cc(C=O)c2c1. The Hall–Kier alpha value is -2.30. The van der Waals surface area contributed by atoms with Gasteiger partial charge in [-0.1, -0.05) is 0 Å². The summed E-state index contributed by atoms with van der Waals surface area (Å²) in [6.45, 7) is -0.0770. The van der Waals surface area contributed by atoms with Crippen LogP contribution in [0.2, 0.25) is 0 Å². The van der Waals surface area contributed by atoms with Crippen LogP contribution < -0.4 is 4.90 Å². The van der Waals surface area contributed by atoms with E-state index in [0.717, 1.165) is 22.9 Å². The number of carboxylic acids is 1. The van der Waals surface area contributed by atoms with Crippen molar-refractivity contribution in [3.8, 4) is 0 Å². The largest absolute Gasteiger partial charge is 0.480 e. The number of nitrogens with zero attached hydrogens (tertiary/aromatic N) is 1. The van der Waals surface area contributed by atoms with E-state index >= 15 is 0 Å². The first-order valence-electron chi connectivity index (χ1n) is 5.11. The Kier molecular flexibility index (Phi) is 2.82. The average Bonchev–Trinajstić information content (AvgIpc) is 2.69. The van der Waals surface area contributed by atoms with Crippen molar-refractivity contribution in [2.75, 3.05) is 18.5 Å². The van der Waals surface area contributed by atoms with Gasteiger partial charge in [-0.05, 0) is 18.2 Å². The molecule has 17 heavy (non-hydrogen) atoms. The highest BCUT2D eigenvalue weighted by Gasteiger charge is 2.08. The Labute approximate surface area is 97.7 Å². The van der Waals surface area contributed by atoms with E-state index in [0.29, 0.717) is 5.56 Å². The van der Waals surface area contributed by atoms with Gasteiger partial charge in [0.15, 0.2) is 6.29 Å². The molecular weight excluding hydrogens is 220 g/mol. The number of anilines is 1. The fraction of sp³-hybridized carbons (Fsp3) is 0.167. The van der Waals surface area contributed by atoms with Crippen molar-refractivity contribution in [2.24, 2.45) is 0 Å². The minimum absolute atomic E-state index is 0.0770. The standard InChI is InChI=1S/C12H12N2O3/c1-14(6-12(16)17)9-2-3-11-10(4-9)8(7-15)5-13-11/h2-5,7,13H,6H2,1H3,(H,16,17). The van der Waals surface area contributed by atoms with Crippen molar-refractivity contribution in [3.05, 3.63) is 30.0 Å². The zero-order chi connectivity index (χ0) is 12.4. The zero-order valence-corrected chi connectivity index (χ0v) is 9.30. The van der Waals surface area contributed by atoms with Crippen molar-refractivity contribution >= 4 is 28.8 Å². The molecule has 1 heterocycles. The van der Waals surface area contributed by atoms with Crippen LogP contribution >= 0.6 is 0 Å². The molecule has 0 aliphatic carbocycles. The second-order valence-corrected chi connectivity index (χ2v) is 3.84. The average molecular weight is 232 g/mol. The van der Waals surface area contributed by atoms with Crippen molar-refractivity contribution in [1.82, 2.24) is 4.98 Å². The normalized spacial score (nSPS) is 10.4. The molecule has 0 aliphatic heterocycles. The van der Waals surface area contributed by atoms with Gasteiger partial charge in [-0.3, -0.25) is 9.59 Å². The van der Waals surface area contributed by atoms with Gasteiger partial charge in [0.1, 0.15) is 6.54 Å². The molecule has 0 aliphatic rings. The Bertz CT molecular complexity index is 574. The molecule has 0 atom stereocenters. The third kappa shape index (κ3) is 2.13. The highest BCUT2D eigenvalue weighted by atomic mass is 16.4. The van der Waals surface area contributed by atoms with Crippen LogP contribution in [0.4, 0.5) is 5.69 Å². The van der Waals surface area contributed by atoms with Crippen LogP contribution in [0.25, 0.3) is 10.9 Å². The van der Waals surface area contributed by atoms with Gasteiger partial charge in [-0.15, -0.1) is 0 Å². The van der Waals surface area contributed by atoms with Crippen LogP contribution in [-0.4, -0.2) is 35.9 Å². The van der Waals surface area contributed by atoms with Crippen LogP contribution in [0.15, 0.2) is 24.4 Å². The number of aliphatic carboxylic acids is 1. The summed E-state index contributed by atoms with van der Waals surface area (Å²) < 4.78 is 0. The molecule has 0 bridgehead atoms. The molecule has 2 rings (SSSR count). The smallest absolute Gasteiger partial charge is 0.323 e. The third-order valence-electron chi connectivity index (χ3n) is 2.64. The lowest BCUT2D eigenvalue weighted by atomic mass is 10.1. The second kappa shape index (κ2) is 4.29. The van der Waals surface area contributed by atoms with Gasteiger partial charge in [-0.2, -0.15) is 0 Å². The van der Waals surface area contributed by atoms with Gasteiger partial charge in [0.2, 0.25) is 0 Å². The van der Waals surface area contributed by atoms with Gasteiger partial charge in [0.25, 0.3) is 0 Å². The number of likely N-dealkylation sites (N-methyl/N-ethyl adjacent to an activating group) is 1. The maximum absolute atomic E-state index is 10.8. The summed E-state index contributed by atoms with van der Waals surface area (Å²) in [4.78, 5) is 26.0. The van der Waals surface area contributed by atoms with Crippen LogP contribution in [-0.2, 0) is 4.79 Å². The minimum Gasteiger partial charge on any atom is -0.480 e. The number of aromatic nitrogens is 1. The molecule has 0 fully saturated rings. The van der Waals surface area contributed by atoms with Gasteiger partial charge in [-0.25, -0.2) is 0 Å². The van der Waals surface area contributed by atoms with Gasteiger partial charge in [0, 0.05) is 35.4 Å². The minimum atomic E-state index is -0.891. The predicted octanol–water partition coefficient (Wildman–Crippen LogP) is 1.50. The van der Waals surface area contributed by atoms with E-state index in [1.807, 2.05) is 12.1 Å². The fourth-order valence-corrected chi connectivity index (χ4v) is 1.76. The van der Waals surface area contributed by atoms with E-state index in [-0.39, 0.29) is 6.54 Å². The van der Waals surface area contributed by atoms with E-state index in [4.69, 9.17) is 5.11 Å². The first-order chi connectivity index (χ1) is 8.11. The third-order valence-corrected chi connectivity index (χ3v) is 2.64. The van der Waals surface area contributed by atoms with Crippen molar-refractivity contribution < 1.29 is 14.7 Å². The number of fused-ring (bicyclic) bond motifs is 1. The van der Waals surface area contributed by atoms with Crippen LogP contribution in [0.3, 0.4) is 0 Å². The summed E-state index contributed by atoms with van der Waals surface area (Å²) in [6, 6.07) is 5.45. The molecule has 88 valence electrons. The van der Waals surface area contributed by atoms with E-state index in [2.05, 4.69) is 4.98 Å². The quantitative estimate of drug-likeness (QED) is 0.783. The van der Waals surface area contributed by atoms with Gasteiger partial charge in [0.05, 0.1) is 0 Å². The van der Waals surface area contributed by atoms with Crippen LogP contribution in [0.5, 0.6) is 0 Å². The number of hydrogen-bond donors (Lipinski definition) is 2. The highest BCUT2D eigenvalue weighted by molar-refractivity contribution is 5.98. The molecule has 0 saturated carbocycles. The summed E-state index contributed by atoms with van der Waals surface area (Å²) in [7, 11) is 1.70. The maximum atomic E-state index is 10.8. The molecule has 0 spiro atoms. The number of carbonyl (C=O) groups excluding carboxylic acids is 1. The molecule has 2 aromatic rings. The Morgan fingerprint density at radius 2 is 2.29 bits per heavy atom. The number of aromatic amines is 1. The summed E-state index contributed by atoms with van der Waals surface area (Å²) in [5.41, 5.74) is 2.20. The van der Waals surface area contributed by atoms with E-state index in [1.54, 1.807) is 24.2 Å². The molecule has 0 amide bonds. The predicted molar refractivity (Wildman–Crippen MR) is 64.6 cm³/mol. The van der Waals surface area contributed by atoms with Crippen LogP contribution in [0, 0.1) is 0 Å². The molecule has 0 radical (unpaired) electrons. The van der Waals surface area contributed by atoms with E-state index < -0.39 is 5.97 Å². The Balaban J connectivity index is 2.42. The number of benzene rings is 1. The monoisotopic (exact) mass is 232 g/mol. The topological polar surface area (TPSA) is 73.4 Å². The Morgan fingerprint density at radius 3 is 2.94 bits per heavy atom. The number of nitrogens with one attached hydrogen (secondary N) is 1. The number of aldehydes is 1. The molecule has 5 heteroatoms. The number of carbonyl (C=O) groups is 2. The molecule has 2 N–H and O–H groups in total. The number of rotatable bonds is 4. The van der Waals surface area contributed by atoms with Gasteiger partial charge >= 0.3 is 5.97 Å². The summed E-state index contributed by atoms with van der Waals surface area (Å²) in [6.07, 6.45) is 2.42. The lowest BCUT2D eigenvalue weighted by molar-refractivity contribution is -0.135. The molecule has 1 aromatic heterocycles. The summed E-state index contributed by atoms with van der Waals surface area (Å²) in [5, 5.41) is 9.52. The Morgan fingerprint density at radius 1 is 1.53 bits per heavy atom. The van der Waals surface area contributed by atoms with Crippen LogP contribution in [0.1, 0.15) is 10.4 Å². The second-order valence-electron chi connectivity index (χ2n) is 3.84. The fourth-order valence-electron chi connectivity index (χ4n) is 1.76. The van der Waals surface area contributed by atoms with Crippen molar-refractivity contribution in [2.45, 2.75) is 0 Å². The molecule has 0 saturated heterocycles. The number of H-pyrrole nitrogens is 1. The molecule has 0 unspecified atom stereocenters. The summed E-state index contributed by atoms with van der Waals surface area (Å²) in [5.74, 6) is -0.891. The van der Waals surface area contributed by atoms with Crippen molar-refractivity contribution in [1.29, 1.82) is 0 Å². The van der Waals surface area contributed by atoms with Gasteiger partial charge < -0.3 is 15.0 Å².